The molecule has 1 heterocycles. The van der Waals surface area contributed by atoms with Crippen molar-refractivity contribution in [2.24, 2.45) is 0 Å². The highest BCUT2D eigenvalue weighted by Gasteiger charge is 2.24. The first-order chi connectivity index (χ1) is 16.6. The summed E-state index contributed by atoms with van der Waals surface area (Å²) in [5, 5.41) is 11.1. The van der Waals surface area contributed by atoms with E-state index >= 15 is 0 Å². The minimum atomic E-state index is -2.93. The molecule has 0 spiro atoms. The van der Waals surface area contributed by atoms with Crippen molar-refractivity contribution < 1.29 is 32.8 Å². The van der Waals surface area contributed by atoms with E-state index in [1.807, 2.05) is 0 Å². The molecule has 0 aliphatic carbocycles. The number of esters is 1. The number of nitrogens with zero attached hydrogens (tertiary/aromatic N) is 2. The number of nitro benzene ring substituents is 1. The largest absolute Gasteiger partial charge is 0.451 e. The summed E-state index contributed by atoms with van der Waals surface area (Å²) in [4.78, 5) is 35.7. The van der Waals surface area contributed by atoms with Crippen molar-refractivity contribution in [2.45, 2.75) is 33.5 Å². The van der Waals surface area contributed by atoms with Gasteiger partial charge in [0.15, 0.2) is 6.10 Å². The van der Waals surface area contributed by atoms with Gasteiger partial charge >= 0.3 is 12.6 Å². The van der Waals surface area contributed by atoms with Gasteiger partial charge in [-0.1, -0.05) is 12.1 Å². The molecule has 8 nitrogen and oxygen atoms in total. The zero-order valence-corrected chi connectivity index (χ0v) is 19.1. The first kappa shape index (κ1) is 25.3. The Morgan fingerprint density at radius 3 is 2.37 bits per heavy atom. The van der Waals surface area contributed by atoms with Crippen molar-refractivity contribution in [1.29, 1.82) is 0 Å². The lowest BCUT2D eigenvalue weighted by atomic mass is 10.1. The second-order valence-corrected chi connectivity index (χ2v) is 7.59. The van der Waals surface area contributed by atoms with Gasteiger partial charge in [0.05, 0.1) is 10.5 Å². The molecule has 182 valence electrons. The fraction of sp³-hybridized carbons (Fsp3) is 0.200. The molecule has 0 bridgehead atoms. The van der Waals surface area contributed by atoms with Crippen molar-refractivity contribution in [3.05, 3.63) is 93.3 Å². The Hall–Kier alpha value is -4.34. The first-order valence-corrected chi connectivity index (χ1v) is 10.5. The van der Waals surface area contributed by atoms with Crippen LogP contribution in [0.1, 0.15) is 34.2 Å². The normalized spacial score (nSPS) is 12.1. The average Bonchev–Trinajstić information content (AvgIpc) is 3.11. The van der Waals surface area contributed by atoms with Gasteiger partial charge in [0.2, 0.25) is 5.78 Å². The van der Waals surface area contributed by atoms with Crippen LogP contribution >= 0.6 is 0 Å². The number of Topliss-reactive ketones (excluding diaryl/α,β-unsaturated/α-hetero) is 1. The molecule has 3 aromatic rings. The number of halogens is 2. The Morgan fingerprint density at radius 2 is 1.74 bits per heavy atom. The fourth-order valence-electron chi connectivity index (χ4n) is 3.62. The summed E-state index contributed by atoms with van der Waals surface area (Å²) in [5.41, 5.74) is 2.32. The molecule has 0 N–H and O–H groups in total. The molecule has 0 radical (unpaired) electrons. The number of ketones is 1. The van der Waals surface area contributed by atoms with E-state index < -0.39 is 29.4 Å². The predicted octanol–water partition coefficient (Wildman–Crippen LogP) is 5.43. The van der Waals surface area contributed by atoms with Crippen LogP contribution in [-0.2, 0) is 9.53 Å². The van der Waals surface area contributed by atoms with Crippen molar-refractivity contribution >= 4 is 23.5 Å². The van der Waals surface area contributed by atoms with Crippen LogP contribution in [0.3, 0.4) is 0 Å². The number of aryl methyl sites for hydroxylation is 1. The van der Waals surface area contributed by atoms with E-state index in [-0.39, 0.29) is 17.0 Å². The highest BCUT2D eigenvalue weighted by Crippen LogP contribution is 2.25. The van der Waals surface area contributed by atoms with Gasteiger partial charge in [0.25, 0.3) is 5.69 Å². The zero-order valence-electron chi connectivity index (χ0n) is 19.1. The van der Waals surface area contributed by atoms with Crippen molar-refractivity contribution in [2.75, 3.05) is 0 Å². The molecule has 1 atom stereocenters. The Balaban J connectivity index is 1.74. The minimum absolute atomic E-state index is 0.0111. The standard InChI is InChI=1S/C25H22F2N2O6/c1-15-14-21(16(2)28(15)19-9-11-20(12-10-19)35-25(26)27)24(31)17(3)34-23(30)13-8-18-6-4-5-7-22(18)29(32)33/h4-14,17,25H,1-3H3. The maximum Gasteiger partial charge on any atom is 0.387 e. The van der Waals surface area contributed by atoms with E-state index in [1.165, 1.54) is 43.3 Å². The van der Waals surface area contributed by atoms with Crippen molar-refractivity contribution in [3.63, 3.8) is 0 Å². The van der Waals surface area contributed by atoms with Gasteiger partial charge in [0, 0.05) is 34.8 Å². The summed E-state index contributed by atoms with van der Waals surface area (Å²) in [6.45, 7) is 2.00. The van der Waals surface area contributed by atoms with Crippen LogP contribution in [0.5, 0.6) is 5.75 Å². The molecule has 35 heavy (non-hydrogen) atoms. The molecule has 0 saturated heterocycles. The second-order valence-electron chi connectivity index (χ2n) is 7.59. The summed E-state index contributed by atoms with van der Waals surface area (Å²) in [6, 6.07) is 13.5. The monoisotopic (exact) mass is 484 g/mol. The lowest BCUT2D eigenvalue weighted by Gasteiger charge is -2.13. The van der Waals surface area contributed by atoms with E-state index in [1.54, 1.807) is 42.7 Å². The Kier molecular flexibility index (Phi) is 7.75. The highest BCUT2D eigenvalue weighted by atomic mass is 19.3. The molecule has 0 aliphatic rings. The molecule has 0 amide bonds. The topological polar surface area (TPSA) is 101 Å². The maximum absolute atomic E-state index is 13.0. The summed E-state index contributed by atoms with van der Waals surface area (Å²) in [7, 11) is 0. The number of ether oxygens (including phenoxy) is 2. The van der Waals surface area contributed by atoms with Crippen LogP contribution in [0.15, 0.2) is 60.7 Å². The average molecular weight is 484 g/mol. The van der Waals surface area contributed by atoms with Gasteiger partial charge in [-0.15, -0.1) is 0 Å². The molecule has 2 aromatic carbocycles. The number of carbonyl (C=O) groups excluding carboxylic acids is 2. The SMILES string of the molecule is Cc1cc(C(=O)C(C)OC(=O)C=Cc2ccccc2[N+](=O)[O-])c(C)n1-c1ccc(OC(F)F)cc1. The number of benzene rings is 2. The quantitative estimate of drug-likeness (QED) is 0.132. The van der Waals surface area contributed by atoms with Crippen LogP contribution in [0, 0.1) is 24.0 Å². The summed E-state index contributed by atoms with van der Waals surface area (Å²) < 4.78 is 36.1. The number of aromatic nitrogens is 1. The van der Waals surface area contributed by atoms with Crippen molar-refractivity contribution in [3.8, 4) is 11.4 Å². The molecule has 0 aliphatic heterocycles. The molecule has 1 unspecified atom stereocenters. The van der Waals surface area contributed by atoms with Gasteiger partial charge in [-0.2, -0.15) is 8.78 Å². The highest BCUT2D eigenvalue weighted by molar-refractivity contribution is 6.02. The third-order valence-electron chi connectivity index (χ3n) is 5.21. The van der Waals surface area contributed by atoms with Gasteiger partial charge < -0.3 is 14.0 Å². The van der Waals surface area contributed by atoms with Crippen LogP contribution in [0.2, 0.25) is 0 Å². The molecule has 1 aromatic heterocycles. The summed E-state index contributed by atoms with van der Waals surface area (Å²) >= 11 is 0. The first-order valence-electron chi connectivity index (χ1n) is 10.5. The lowest BCUT2D eigenvalue weighted by Crippen LogP contribution is -2.24. The van der Waals surface area contributed by atoms with Crippen LogP contribution < -0.4 is 4.74 Å². The number of hydrogen-bond acceptors (Lipinski definition) is 6. The van der Waals surface area contributed by atoms with Crippen LogP contribution in [-0.4, -0.2) is 34.0 Å². The number of nitro groups is 1. The third kappa shape index (κ3) is 5.97. The maximum atomic E-state index is 13.0. The van der Waals surface area contributed by atoms with Crippen LogP contribution in [0.25, 0.3) is 11.8 Å². The molecule has 3 rings (SSSR count). The minimum Gasteiger partial charge on any atom is -0.451 e. The van der Waals surface area contributed by atoms with E-state index in [0.29, 0.717) is 22.6 Å². The predicted molar refractivity (Wildman–Crippen MR) is 124 cm³/mol. The summed E-state index contributed by atoms with van der Waals surface area (Å²) in [6.07, 6.45) is 1.16. The van der Waals surface area contributed by atoms with Gasteiger partial charge in [-0.25, -0.2) is 4.79 Å². The second kappa shape index (κ2) is 10.7. The zero-order chi connectivity index (χ0) is 25.7. The van der Waals surface area contributed by atoms with Gasteiger partial charge in [0.1, 0.15) is 5.75 Å². The molecular formula is C25H22F2N2O6. The Labute approximate surface area is 199 Å². The van der Waals surface area contributed by atoms with E-state index in [4.69, 9.17) is 4.74 Å². The number of alkyl halides is 2. The Bertz CT molecular complexity index is 1280. The lowest BCUT2D eigenvalue weighted by molar-refractivity contribution is -0.385. The molecular weight excluding hydrogens is 462 g/mol. The Morgan fingerprint density at radius 1 is 1.09 bits per heavy atom. The van der Waals surface area contributed by atoms with Crippen LogP contribution in [0.4, 0.5) is 14.5 Å². The molecule has 10 heteroatoms. The van der Waals surface area contributed by atoms with E-state index in [9.17, 15) is 28.5 Å². The summed E-state index contributed by atoms with van der Waals surface area (Å²) in [5.74, 6) is -1.25. The number of hydrogen-bond donors (Lipinski definition) is 0. The molecule has 0 fully saturated rings. The number of carbonyl (C=O) groups is 2. The number of para-hydroxylation sites is 1. The van der Waals surface area contributed by atoms with Gasteiger partial charge in [-0.3, -0.25) is 14.9 Å². The van der Waals surface area contributed by atoms with E-state index in [0.717, 1.165) is 6.08 Å². The molecule has 0 saturated carbocycles. The smallest absolute Gasteiger partial charge is 0.387 e. The van der Waals surface area contributed by atoms with E-state index in [2.05, 4.69) is 4.74 Å². The number of rotatable bonds is 9. The third-order valence-corrected chi connectivity index (χ3v) is 5.21. The van der Waals surface area contributed by atoms with Gasteiger partial charge in [-0.05, 0) is 63.2 Å². The van der Waals surface area contributed by atoms with Crippen molar-refractivity contribution in [1.82, 2.24) is 4.57 Å². The fourth-order valence-corrected chi connectivity index (χ4v) is 3.62.